The molecule has 3 heterocycles. The van der Waals surface area contributed by atoms with Gasteiger partial charge in [0.15, 0.2) is 5.82 Å². The summed E-state index contributed by atoms with van der Waals surface area (Å²) < 4.78 is 74.1. The van der Waals surface area contributed by atoms with E-state index in [1.165, 1.54) is 23.1 Å². The van der Waals surface area contributed by atoms with Crippen molar-refractivity contribution in [3.05, 3.63) is 47.8 Å². The molecule has 2 aromatic heterocycles. The Bertz CT molecular complexity index is 1540. The normalized spacial score (nSPS) is 18.2. The van der Waals surface area contributed by atoms with Gasteiger partial charge in [0.1, 0.15) is 29.1 Å². The van der Waals surface area contributed by atoms with Gasteiger partial charge in [0.2, 0.25) is 26.0 Å². The number of hydrogen-bond acceptors (Lipinski definition) is 11. The molecule has 16 heteroatoms. The van der Waals surface area contributed by atoms with Crippen molar-refractivity contribution < 1.29 is 31.0 Å². The van der Waals surface area contributed by atoms with Crippen LogP contribution in [0.15, 0.2) is 30.6 Å². The molecule has 0 radical (unpaired) electrons. The van der Waals surface area contributed by atoms with E-state index in [2.05, 4.69) is 24.9 Å². The Morgan fingerprint density at radius 1 is 1.05 bits per heavy atom. The topological polar surface area (TPSA) is 168 Å². The van der Waals surface area contributed by atoms with Crippen LogP contribution in [0.4, 0.5) is 5.95 Å². The Morgan fingerprint density at radius 2 is 1.68 bits per heavy atom. The highest BCUT2D eigenvalue weighted by Crippen LogP contribution is 2.38. The molecule has 1 N–H and O–H groups in total. The van der Waals surface area contributed by atoms with E-state index in [9.17, 15) is 16.8 Å². The first kappa shape index (κ1) is 29.6. The van der Waals surface area contributed by atoms with Gasteiger partial charge in [-0.3, -0.25) is 9.29 Å². The van der Waals surface area contributed by atoms with E-state index in [0.29, 0.717) is 23.0 Å². The molecule has 14 nitrogen and oxygen atoms in total. The molecule has 218 valence electrons. The minimum absolute atomic E-state index is 0.0423. The SMILES string of the molecule is COc1cccc(OC)c1-n1c(NS(=O)(=O)C(C)C(C)c2ncc(C)cn2)nnc1[C@H]1CN(S(C)(=O)=O)CCO1. The lowest BCUT2D eigenvalue weighted by Gasteiger charge is -2.31. The van der Waals surface area contributed by atoms with Crippen LogP contribution in [0.25, 0.3) is 5.69 Å². The van der Waals surface area contributed by atoms with Crippen LogP contribution >= 0.6 is 0 Å². The highest BCUT2D eigenvalue weighted by atomic mass is 32.2. The molecule has 0 bridgehead atoms. The van der Waals surface area contributed by atoms with Gasteiger partial charge in [0.05, 0.1) is 32.3 Å². The smallest absolute Gasteiger partial charge is 0.243 e. The maximum atomic E-state index is 13.6. The van der Waals surface area contributed by atoms with Crippen molar-refractivity contribution in [1.82, 2.24) is 29.0 Å². The van der Waals surface area contributed by atoms with E-state index < -0.39 is 37.3 Å². The van der Waals surface area contributed by atoms with Crippen LogP contribution in [0.5, 0.6) is 11.5 Å². The highest BCUT2D eigenvalue weighted by molar-refractivity contribution is 7.93. The second kappa shape index (κ2) is 11.6. The third-order valence-electron chi connectivity index (χ3n) is 6.73. The highest BCUT2D eigenvalue weighted by Gasteiger charge is 2.36. The van der Waals surface area contributed by atoms with Gasteiger partial charge in [-0.05, 0) is 31.5 Å². The second-order valence-corrected chi connectivity index (χ2v) is 13.5. The van der Waals surface area contributed by atoms with Gasteiger partial charge in [-0.1, -0.05) is 13.0 Å². The summed E-state index contributed by atoms with van der Waals surface area (Å²) in [5.74, 6) is 0.517. The fraction of sp³-hybridized carbons (Fsp3) is 0.500. The average molecular weight is 596 g/mol. The van der Waals surface area contributed by atoms with E-state index >= 15 is 0 Å². The van der Waals surface area contributed by atoms with Crippen molar-refractivity contribution in [1.29, 1.82) is 0 Å². The Morgan fingerprint density at radius 3 is 2.25 bits per heavy atom. The van der Waals surface area contributed by atoms with E-state index in [0.717, 1.165) is 11.8 Å². The van der Waals surface area contributed by atoms with Gasteiger partial charge in [-0.15, -0.1) is 10.2 Å². The predicted octanol–water partition coefficient (Wildman–Crippen LogP) is 1.65. The zero-order valence-corrected chi connectivity index (χ0v) is 24.7. The van der Waals surface area contributed by atoms with Crippen LogP contribution in [0.1, 0.15) is 43.1 Å². The monoisotopic (exact) mass is 595 g/mol. The molecule has 0 aliphatic carbocycles. The Kier molecular flexibility index (Phi) is 8.63. The lowest BCUT2D eigenvalue weighted by molar-refractivity contribution is -0.00827. The van der Waals surface area contributed by atoms with Crippen LogP contribution in [0.3, 0.4) is 0 Å². The number of aromatic nitrogens is 5. The van der Waals surface area contributed by atoms with Crippen molar-refractivity contribution in [2.24, 2.45) is 0 Å². The standard InChI is InChI=1S/C24H33N7O7S2/c1-15-12-25-22(26-13-15)16(2)17(3)40(34,35)29-24-28-27-23(20-14-30(10-11-38-20)39(6,32)33)31(24)21-18(36-4)8-7-9-19(21)37-5/h7-9,12-13,16-17,20H,10-11,14H2,1-6H3,(H,28,29)/t16?,17?,20-/m1/s1. The van der Waals surface area contributed by atoms with Gasteiger partial charge in [0, 0.05) is 31.4 Å². The number of nitrogens with one attached hydrogen (secondary N) is 1. The fourth-order valence-electron chi connectivity index (χ4n) is 4.26. The number of sulfonamides is 2. The Balaban J connectivity index is 1.80. The second-order valence-electron chi connectivity index (χ2n) is 9.47. The average Bonchev–Trinajstić information content (AvgIpc) is 3.33. The number of aryl methyl sites for hydroxylation is 1. The van der Waals surface area contributed by atoms with Gasteiger partial charge in [-0.25, -0.2) is 26.8 Å². The molecule has 0 spiro atoms. The minimum atomic E-state index is -4.07. The summed E-state index contributed by atoms with van der Waals surface area (Å²) in [7, 11) is -4.68. The van der Waals surface area contributed by atoms with E-state index in [1.54, 1.807) is 44.4 Å². The number of para-hydroxylation sites is 1. The van der Waals surface area contributed by atoms with Crippen molar-refractivity contribution in [2.45, 2.75) is 38.0 Å². The number of nitrogens with zero attached hydrogens (tertiary/aromatic N) is 6. The number of morpholine rings is 1. The molecule has 40 heavy (non-hydrogen) atoms. The zero-order valence-electron chi connectivity index (χ0n) is 23.1. The summed E-state index contributed by atoms with van der Waals surface area (Å²) in [5.41, 5.74) is 1.17. The molecule has 1 aliphatic rings. The number of benzene rings is 1. The quantitative estimate of drug-likeness (QED) is 0.362. The predicted molar refractivity (Wildman–Crippen MR) is 147 cm³/mol. The third kappa shape index (κ3) is 6.04. The molecular formula is C24H33N7O7S2. The van der Waals surface area contributed by atoms with Crippen LogP contribution in [0.2, 0.25) is 0 Å². The third-order valence-corrected chi connectivity index (χ3v) is 9.86. The van der Waals surface area contributed by atoms with Crippen molar-refractivity contribution in [2.75, 3.05) is 44.9 Å². The number of ether oxygens (including phenoxy) is 3. The molecule has 1 fully saturated rings. The summed E-state index contributed by atoms with van der Waals surface area (Å²) in [6.07, 6.45) is 3.52. The van der Waals surface area contributed by atoms with Crippen LogP contribution in [0, 0.1) is 6.92 Å². The number of anilines is 1. The number of hydrogen-bond donors (Lipinski definition) is 1. The zero-order chi connectivity index (χ0) is 29.2. The van der Waals surface area contributed by atoms with Gasteiger partial charge < -0.3 is 14.2 Å². The number of rotatable bonds is 10. The molecule has 3 atom stereocenters. The molecule has 0 saturated carbocycles. The molecule has 1 aliphatic heterocycles. The summed E-state index contributed by atoms with van der Waals surface area (Å²) in [5, 5.41) is 7.43. The molecule has 0 amide bonds. The molecule has 1 aromatic carbocycles. The molecular weight excluding hydrogens is 562 g/mol. The Labute approximate surface area is 233 Å². The first-order valence-electron chi connectivity index (χ1n) is 12.4. The molecule has 1 saturated heterocycles. The van der Waals surface area contributed by atoms with E-state index in [1.807, 2.05) is 6.92 Å². The van der Waals surface area contributed by atoms with Gasteiger partial charge in [0.25, 0.3) is 0 Å². The summed E-state index contributed by atoms with van der Waals surface area (Å²) in [6, 6.07) is 5.05. The van der Waals surface area contributed by atoms with E-state index in [-0.39, 0.29) is 31.5 Å². The summed E-state index contributed by atoms with van der Waals surface area (Å²) in [4.78, 5) is 8.57. The molecule has 2 unspecified atom stereocenters. The van der Waals surface area contributed by atoms with Crippen molar-refractivity contribution in [3.8, 4) is 17.2 Å². The fourth-order valence-corrected chi connectivity index (χ4v) is 6.31. The lowest BCUT2D eigenvalue weighted by Crippen LogP contribution is -2.42. The molecule has 4 rings (SSSR count). The van der Waals surface area contributed by atoms with E-state index in [4.69, 9.17) is 14.2 Å². The maximum absolute atomic E-state index is 13.6. The van der Waals surface area contributed by atoms with Crippen LogP contribution in [-0.2, 0) is 24.8 Å². The Hall–Kier alpha value is -3.34. The largest absolute Gasteiger partial charge is 0.494 e. The number of methoxy groups -OCH3 is 2. The van der Waals surface area contributed by atoms with Gasteiger partial charge in [-0.2, -0.15) is 4.31 Å². The maximum Gasteiger partial charge on any atom is 0.243 e. The summed E-state index contributed by atoms with van der Waals surface area (Å²) in [6.45, 7) is 5.37. The van der Waals surface area contributed by atoms with Crippen LogP contribution in [-0.4, -0.2) is 91.3 Å². The lowest BCUT2D eigenvalue weighted by atomic mass is 10.1. The van der Waals surface area contributed by atoms with Gasteiger partial charge >= 0.3 is 0 Å². The first-order chi connectivity index (χ1) is 18.9. The minimum Gasteiger partial charge on any atom is -0.494 e. The van der Waals surface area contributed by atoms with Crippen LogP contribution < -0.4 is 14.2 Å². The van der Waals surface area contributed by atoms with Crippen molar-refractivity contribution in [3.63, 3.8) is 0 Å². The first-order valence-corrected chi connectivity index (χ1v) is 15.8. The molecule has 3 aromatic rings. The van der Waals surface area contributed by atoms with Crippen molar-refractivity contribution >= 4 is 26.0 Å². The summed E-state index contributed by atoms with van der Waals surface area (Å²) >= 11 is 0.